The molecule has 0 aliphatic carbocycles. The molecule has 0 bridgehead atoms. The molecule has 2 aromatic rings. The van der Waals surface area contributed by atoms with E-state index in [-0.39, 0.29) is 21.3 Å². The van der Waals surface area contributed by atoms with Crippen LogP contribution < -0.4 is 0 Å². The molecule has 0 unspecified atom stereocenters. The fourth-order valence-electron chi connectivity index (χ4n) is 3.22. The van der Waals surface area contributed by atoms with E-state index >= 15 is 0 Å². The van der Waals surface area contributed by atoms with E-state index in [4.69, 9.17) is 23.2 Å². The topological polar surface area (TPSA) is 26.1 Å². The summed E-state index contributed by atoms with van der Waals surface area (Å²) in [7, 11) is 0. The molecule has 0 radical (unpaired) electrons. The summed E-state index contributed by atoms with van der Waals surface area (Å²) in [6.45, 7) is 1.07. The molecule has 1 aliphatic heterocycles. The lowest BCUT2D eigenvalue weighted by atomic mass is 9.76. The number of halogens is 6. The Morgan fingerprint density at radius 2 is 1.73 bits per heavy atom. The van der Waals surface area contributed by atoms with Gasteiger partial charge in [0, 0.05) is 20.1 Å². The minimum Gasteiger partial charge on any atom is -0.624 e. The normalized spacial score (nSPS) is 20.7. The Balaban J connectivity index is 2.11. The fourth-order valence-corrected chi connectivity index (χ4v) is 3.99. The third kappa shape index (κ3) is 3.35. The third-order valence-corrected chi connectivity index (χ3v) is 5.96. The number of nitrogens with zero attached hydrogens (tertiary/aromatic N) is 1. The monoisotopic (exact) mass is 465 g/mol. The lowest BCUT2D eigenvalue weighted by Gasteiger charge is -2.29. The molecule has 2 aromatic carbocycles. The van der Waals surface area contributed by atoms with Gasteiger partial charge in [-0.15, -0.1) is 0 Å². The van der Waals surface area contributed by atoms with Crippen molar-refractivity contribution >= 4 is 44.8 Å². The molecule has 3 rings (SSSR count). The van der Waals surface area contributed by atoms with Gasteiger partial charge < -0.3 is 5.21 Å². The highest BCUT2D eigenvalue weighted by Crippen LogP contribution is 2.48. The van der Waals surface area contributed by atoms with Crippen LogP contribution in [0, 0.1) is 12.1 Å². The van der Waals surface area contributed by atoms with Gasteiger partial charge in [0.15, 0.2) is 17.7 Å². The molecular formula is C18H13BrCl2F3NO. The summed E-state index contributed by atoms with van der Waals surface area (Å²) in [6.07, 6.45) is -5.12. The maximum Gasteiger partial charge on any atom is 0.405 e. The van der Waals surface area contributed by atoms with Gasteiger partial charge in [0.25, 0.3) is 0 Å². The molecule has 1 aliphatic rings. The average molecular weight is 467 g/mol. The van der Waals surface area contributed by atoms with Crippen LogP contribution in [-0.2, 0) is 5.41 Å². The van der Waals surface area contributed by atoms with Gasteiger partial charge >= 0.3 is 6.18 Å². The van der Waals surface area contributed by atoms with Crippen molar-refractivity contribution in [2.24, 2.45) is 0 Å². The van der Waals surface area contributed by atoms with Crippen LogP contribution in [0.4, 0.5) is 13.2 Å². The van der Waals surface area contributed by atoms with Gasteiger partial charge in [0.2, 0.25) is 0 Å². The second kappa shape index (κ2) is 6.73. The Kier molecular flexibility index (Phi) is 5.05. The Hall–Kier alpha value is -1.24. The van der Waals surface area contributed by atoms with Crippen molar-refractivity contribution in [2.75, 3.05) is 6.54 Å². The number of benzene rings is 2. The molecule has 0 N–H and O–H groups in total. The van der Waals surface area contributed by atoms with Gasteiger partial charge in [-0.1, -0.05) is 39.1 Å². The summed E-state index contributed by atoms with van der Waals surface area (Å²) >= 11 is 15.2. The number of aryl methyl sites for hydroxylation is 1. The summed E-state index contributed by atoms with van der Waals surface area (Å²) in [5, 5.41) is 12.7. The van der Waals surface area contributed by atoms with E-state index in [0.717, 1.165) is 10.0 Å². The van der Waals surface area contributed by atoms with Crippen LogP contribution in [0.25, 0.3) is 0 Å². The molecule has 0 spiro atoms. The first kappa shape index (κ1) is 19.5. The number of alkyl halides is 3. The Morgan fingerprint density at radius 1 is 1.12 bits per heavy atom. The zero-order valence-corrected chi connectivity index (χ0v) is 16.6. The molecule has 26 heavy (non-hydrogen) atoms. The lowest BCUT2D eigenvalue weighted by molar-refractivity contribution is -0.465. The first-order valence-corrected chi connectivity index (χ1v) is 9.19. The van der Waals surface area contributed by atoms with E-state index in [1.807, 2.05) is 6.92 Å². The molecule has 0 aromatic heterocycles. The number of hydrogen-bond donors (Lipinski definition) is 0. The van der Waals surface area contributed by atoms with Crippen molar-refractivity contribution in [3.8, 4) is 0 Å². The van der Waals surface area contributed by atoms with Crippen LogP contribution in [0.2, 0.25) is 10.0 Å². The van der Waals surface area contributed by atoms with Crippen molar-refractivity contribution in [2.45, 2.75) is 24.9 Å². The fraction of sp³-hybridized carbons (Fsp3) is 0.278. The van der Waals surface area contributed by atoms with Crippen LogP contribution in [0.3, 0.4) is 0 Å². The summed E-state index contributed by atoms with van der Waals surface area (Å²) in [6, 6.07) is 8.87. The van der Waals surface area contributed by atoms with E-state index in [0.29, 0.717) is 10.3 Å². The maximum atomic E-state index is 14.1. The van der Waals surface area contributed by atoms with Crippen LogP contribution in [0.5, 0.6) is 0 Å². The standard InChI is InChI=1S/C18H13BrCl2F3NO/c1-10-4-11(2-3-15(10)19)16-8-17(9-25(16)26,18(22,23)24)12-5-13(20)7-14(21)6-12/h2-7H,8-9H2,1H3/t17-/m0/s1. The van der Waals surface area contributed by atoms with Crippen LogP contribution in [0.15, 0.2) is 40.9 Å². The zero-order chi connectivity index (χ0) is 19.3. The highest BCUT2D eigenvalue weighted by atomic mass is 79.9. The predicted octanol–water partition coefficient (Wildman–Crippen LogP) is 6.27. The summed E-state index contributed by atoms with van der Waals surface area (Å²) in [4.78, 5) is 0. The Bertz CT molecular complexity index is 894. The molecule has 0 amide bonds. The highest BCUT2D eigenvalue weighted by molar-refractivity contribution is 9.10. The molecule has 0 fully saturated rings. The van der Waals surface area contributed by atoms with E-state index in [9.17, 15) is 18.4 Å². The van der Waals surface area contributed by atoms with Gasteiger partial charge in [0.05, 0.1) is 6.42 Å². The SMILES string of the molecule is Cc1cc(C2=[N+]([O-])C[C@@](c3cc(Cl)cc(Cl)c3)(C(F)(F)F)C2)ccc1Br. The van der Waals surface area contributed by atoms with Crippen molar-refractivity contribution in [1.82, 2.24) is 0 Å². The summed E-state index contributed by atoms with van der Waals surface area (Å²) < 4.78 is 43.5. The van der Waals surface area contributed by atoms with E-state index in [2.05, 4.69) is 15.9 Å². The molecule has 138 valence electrons. The zero-order valence-electron chi connectivity index (χ0n) is 13.5. The first-order valence-electron chi connectivity index (χ1n) is 7.64. The van der Waals surface area contributed by atoms with Gasteiger partial charge in [-0.2, -0.15) is 13.2 Å². The molecule has 0 saturated heterocycles. The minimum absolute atomic E-state index is 0.0917. The van der Waals surface area contributed by atoms with Crippen LogP contribution >= 0.6 is 39.1 Å². The quantitative estimate of drug-likeness (QED) is 0.378. The smallest absolute Gasteiger partial charge is 0.405 e. The molecular weight excluding hydrogens is 454 g/mol. The van der Waals surface area contributed by atoms with Gasteiger partial charge in [0.1, 0.15) is 0 Å². The maximum absolute atomic E-state index is 14.1. The van der Waals surface area contributed by atoms with E-state index < -0.39 is 24.6 Å². The molecule has 0 saturated carbocycles. The second-order valence-corrected chi connectivity index (χ2v) is 8.09. The minimum atomic E-state index is -4.64. The largest absolute Gasteiger partial charge is 0.624 e. The van der Waals surface area contributed by atoms with Gasteiger partial charge in [-0.25, -0.2) is 4.74 Å². The predicted molar refractivity (Wildman–Crippen MR) is 100 cm³/mol. The Labute approximate surface area is 166 Å². The van der Waals surface area contributed by atoms with Crippen molar-refractivity contribution in [1.29, 1.82) is 0 Å². The number of rotatable bonds is 2. The first-order chi connectivity index (χ1) is 12.0. The van der Waals surface area contributed by atoms with E-state index in [1.165, 1.54) is 18.2 Å². The van der Waals surface area contributed by atoms with Gasteiger partial charge in [-0.05, 0) is 54.4 Å². The Morgan fingerprint density at radius 3 is 2.27 bits per heavy atom. The number of hydrogen-bond acceptors (Lipinski definition) is 1. The second-order valence-electron chi connectivity index (χ2n) is 6.36. The summed E-state index contributed by atoms with van der Waals surface area (Å²) in [5.41, 5.74) is -1.07. The molecule has 2 nitrogen and oxygen atoms in total. The molecule has 1 heterocycles. The van der Waals surface area contributed by atoms with Crippen LogP contribution in [0.1, 0.15) is 23.1 Å². The van der Waals surface area contributed by atoms with Gasteiger partial charge in [-0.3, -0.25) is 0 Å². The number of hydroxylamine groups is 1. The van der Waals surface area contributed by atoms with Crippen molar-refractivity contribution < 1.29 is 17.9 Å². The van der Waals surface area contributed by atoms with E-state index in [1.54, 1.807) is 18.2 Å². The average Bonchev–Trinajstić information content (AvgIpc) is 2.88. The van der Waals surface area contributed by atoms with Crippen LogP contribution in [-0.4, -0.2) is 23.2 Å². The lowest BCUT2D eigenvalue weighted by Crippen LogP contribution is -2.45. The van der Waals surface area contributed by atoms with Crippen molar-refractivity contribution in [3.63, 3.8) is 0 Å². The third-order valence-electron chi connectivity index (χ3n) is 4.63. The summed E-state index contributed by atoms with van der Waals surface area (Å²) in [5.74, 6) is 0. The molecule has 1 atom stereocenters. The van der Waals surface area contributed by atoms with Crippen molar-refractivity contribution in [3.05, 3.63) is 72.8 Å². The highest BCUT2D eigenvalue weighted by Gasteiger charge is 2.63. The molecule has 8 heteroatoms.